The van der Waals surface area contributed by atoms with Gasteiger partial charge in [0.2, 0.25) is 5.91 Å². The van der Waals surface area contributed by atoms with E-state index in [0.717, 1.165) is 0 Å². The number of para-hydroxylation sites is 1. The van der Waals surface area contributed by atoms with Crippen LogP contribution >= 0.6 is 23.4 Å². The van der Waals surface area contributed by atoms with Crippen molar-refractivity contribution in [3.63, 3.8) is 0 Å². The number of carbonyl (C=O) groups excluding carboxylic acids is 1. The first-order chi connectivity index (χ1) is 13.0. The van der Waals surface area contributed by atoms with E-state index in [1.807, 2.05) is 26.0 Å². The van der Waals surface area contributed by atoms with Crippen molar-refractivity contribution in [3.05, 3.63) is 59.4 Å². The van der Waals surface area contributed by atoms with E-state index in [0.29, 0.717) is 27.3 Å². The number of hydrogen-bond donors (Lipinski definition) is 1. The van der Waals surface area contributed by atoms with Gasteiger partial charge in [0.1, 0.15) is 5.82 Å². The SMILES string of the molecule is CC(C)NC(=O)CSc1nnc(-c2ccccc2Cl)n1-c1ccccc1F. The first-order valence-corrected chi connectivity index (χ1v) is 9.71. The molecule has 0 spiro atoms. The van der Waals surface area contributed by atoms with Gasteiger partial charge in [0.05, 0.1) is 16.5 Å². The minimum absolute atomic E-state index is 0.0428. The molecule has 3 aromatic rings. The van der Waals surface area contributed by atoms with Crippen LogP contribution in [-0.4, -0.2) is 32.5 Å². The molecule has 27 heavy (non-hydrogen) atoms. The van der Waals surface area contributed by atoms with Crippen molar-refractivity contribution in [2.45, 2.75) is 25.0 Å². The molecule has 0 radical (unpaired) electrons. The maximum atomic E-state index is 14.5. The Morgan fingerprint density at radius 3 is 2.59 bits per heavy atom. The topological polar surface area (TPSA) is 59.8 Å². The third-order valence-electron chi connectivity index (χ3n) is 3.62. The van der Waals surface area contributed by atoms with Crippen molar-refractivity contribution >= 4 is 29.3 Å². The molecule has 0 bridgehead atoms. The van der Waals surface area contributed by atoms with E-state index in [1.54, 1.807) is 34.9 Å². The Labute approximate surface area is 166 Å². The van der Waals surface area contributed by atoms with Crippen LogP contribution in [0.15, 0.2) is 53.7 Å². The highest BCUT2D eigenvalue weighted by Gasteiger charge is 2.20. The Kier molecular flexibility index (Phi) is 6.13. The number of thioether (sulfide) groups is 1. The molecule has 0 aliphatic rings. The monoisotopic (exact) mass is 404 g/mol. The van der Waals surface area contributed by atoms with Crippen LogP contribution in [0.5, 0.6) is 0 Å². The second kappa shape index (κ2) is 8.54. The number of aromatic nitrogens is 3. The van der Waals surface area contributed by atoms with E-state index < -0.39 is 5.82 Å². The number of hydrogen-bond acceptors (Lipinski definition) is 4. The fraction of sp³-hybridized carbons (Fsp3) is 0.211. The fourth-order valence-electron chi connectivity index (χ4n) is 2.52. The summed E-state index contributed by atoms with van der Waals surface area (Å²) in [5, 5.41) is 12.1. The summed E-state index contributed by atoms with van der Waals surface area (Å²) in [5.74, 6) is 0.0155. The Morgan fingerprint density at radius 2 is 1.89 bits per heavy atom. The summed E-state index contributed by atoms with van der Waals surface area (Å²) in [6, 6.07) is 13.6. The lowest BCUT2D eigenvalue weighted by atomic mass is 10.2. The third kappa shape index (κ3) is 4.48. The molecule has 1 N–H and O–H groups in total. The van der Waals surface area contributed by atoms with Gasteiger partial charge < -0.3 is 5.32 Å². The molecule has 0 unspecified atom stereocenters. The molecule has 0 fully saturated rings. The Hall–Kier alpha value is -2.38. The molecule has 2 aromatic carbocycles. The van der Waals surface area contributed by atoms with Crippen LogP contribution in [0.1, 0.15) is 13.8 Å². The summed E-state index contributed by atoms with van der Waals surface area (Å²) >= 11 is 7.50. The van der Waals surface area contributed by atoms with Crippen molar-refractivity contribution in [3.8, 4) is 17.1 Å². The Bertz CT molecular complexity index is 960. The lowest BCUT2D eigenvalue weighted by Gasteiger charge is -2.12. The van der Waals surface area contributed by atoms with Crippen molar-refractivity contribution < 1.29 is 9.18 Å². The zero-order chi connectivity index (χ0) is 19.4. The molecular formula is C19H18ClFN4OS. The summed E-state index contributed by atoms with van der Waals surface area (Å²) in [6.45, 7) is 3.78. The molecule has 0 aliphatic heterocycles. The summed E-state index contributed by atoms with van der Waals surface area (Å²) in [4.78, 5) is 12.0. The van der Waals surface area contributed by atoms with E-state index >= 15 is 0 Å². The molecule has 0 saturated carbocycles. The van der Waals surface area contributed by atoms with Crippen LogP contribution in [0, 0.1) is 5.82 Å². The quantitative estimate of drug-likeness (QED) is 0.621. The number of benzene rings is 2. The van der Waals surface area contributed by atoms with Gasteiger partial charge in [-0.3, -0.25) is 9.36 Å². The minimum Gasteiger partial charge on any atom is -0.353 e. The van der Waals surface area contributed by atoms with Crippen LogP contribution in [-0.2, 0) is 4.79 Å². The van der Waals surface area contributed by atoms with Gasteiger partial charge in [-0.05, 0) is 38.1 Å². The second-order valence-corrected chi connectivity index (χ2v) is 7.43. The summed E-state index contributed by atoms with van der Waals surface area (Å²) in [7, 11) is 0. The zero-order valence-corrected chi connectivity index (χ0v) is 16.4. The highest BCUT2D eigenvalue weighted by atomic mass is 35.5. The largest absolute Gasteiger partial charge is 0.353 e. The Morgan fingerprint density at radius 1 is 1.19 bits per heavy atom. The van der Waals surface area contributed by atoms with E-state index in [9.17, 15) is 9.18 Å². The van der Waals surface area contributed by atoms with Crippen LogP contribution in [0.4, 0.5) is 4.39 Å². The average molecular weight is 405 g/mol. The molecule has 0 aliphatic carbocycles. The third-order valence-corrected chi connectivity index (χ3v) is 4.88. The van der Waals surface area contributed by atoms with Crippen molar-refractivity contribution in [2.75, 3.05) is 5.75 Å². The molecule has 1 heterocycles. The summed E-state index contributed by atoms with van der Waals surface area (Å²) in [5.41, 5.74) is 0.928. The molecule has 0 atom stereocenters. The van der Waals surface area contributed by atoms with Gasteiger partial charge in [-0.15, -0.1) is 10.2 Å². The van der Waals surface area contributed by atoms with Crippen LogP contribution in [0.2, 0.25) is 5.02 Å². The molecular weight excluding hydrogens is 387 g/mol. The van der Waals surface area contributed by atoms with Crippen molar-refractivity contribution in [2.24, 2.45) is 0 Å². The predicted molar refractivity (Wildman–Crippen MR) is 106 cm³/mol. The van der Waals surface area contributed by atoms with E-state index in [1.165, 1.54) is 17.8 Å². The minimum atomic E-state index is -0.418. The molecule has 0 saturated heterocycles. The van der Waals surface area contributed by atoms with Crippen molar-refractivity contribution in [1.82, 2.24) is 20.1 Å². The lowest BCUT2D eigenvalue weighted by Crippen LogP contribution is -2.31. The number of nitrogens with one attached hydrogen (secondary N) is 1. The Balaban J connectivity index is 2.03. The van der Waals surface area contributed by atoms with E-state index in [-0.39, 0.29) is 17.7 Å². The highest BCUT2D eigenvalue weighted by molar-refractivity contribution is 7.99. The standard InChI is InChI=1S/C19H18ClFN4OS/c1-12(2)22-17(26)11-27-19-24-23-18(13-7-3-4-8-14(13)20)25(19)16-10-6-5-9-15(16)21/h3-10,12H,11H2,1-2H3,(H,22,26). The molecule has 3 rings (SSSR count). The van der Waals surface area contributed by atoms with Gasteiger partial charge >= 0.3 is 0 Å². The second-order valence-electron chi connectivity index (χ2n) is 6.08. The molecule has 1 aromatic heterocycles. The van der Waals surface area contributed by atoms with E-state index in [4.69, 9.17) is 11.6 Å². The molecule has 1 amide bonds. The summed E-state index contributed by atoms with van der Waals surface area (Å²) in [6.07, 6.45) is 0. The number of nitrogens with zero attached hydrogens (tertiary/aromatic N) is 3. The number of halogens is 2. The van der Waals surface area contributed by atoms with Gasteiger partial charge in [-0.25, -0.2) is 4.39 Å². The first kappa shape index (κ1) is 19.4. The maximum absolute atomic E-state index is 14.5. The van der Waals surface area contributed by atoms with Gasteiger partial charge in [-0.2, -0.15) is 0 Å². The lowest BCUT2D eigenvalue weighted by molar-refractivity contribution is -0.119. The fourth-order valence-corrected chi connectivity index (χ4v) is 3.50. The zero-order valence-electron chi connectivity index (χ0n) is 14.8. The molecule has 140 valence electrons. The number of carbonyl (C=O) groups is 1. The smallest absolute Gasteiger partial charge is 0.230 e. The normalized spacial score (nSPS) is 11.0. The molecule has 8 heteroatoms. The van der Waals surface area contributed by atoms with Crippen LogP contribution in [0.25, 0.3) is 17.1 Å². The van der Waals surface area contributed by atoms with Gasteiger partial charge in [-0.1, -0.05) is 47.6 Å². The summed E-state index contributed by atoms with van der Waals surface area (Å²) < 4.78 is 16.1. The number of amides is 1. The maximum Gasteiger partial charge on any atom is 0.230 e. The van der Waals surface area contributed by atoms with Crippen LogP contribution in [0.3, 0.4) is 0 Å². The highest BCUT2D eigenvalue weighted by Crippen LogP contribution is 2.32. The van der Waals surface area contributed by atoms with Gasteiger partial charge in [0, 0.05) is 11.6 Å². The van der Waals surface area contributed by atoms with Crippen molar-refractivity contribution in [1.29, 1.82) is 0 Å². The predicted octanol–water partition coefficient (Wildman–Crippen LogP) is 4.34. The first-order valence-electron chi connectivity index (χ1n) is 8.34. The van der Waals surface area contributed by atoms with Gasteiger partial charge in [0.15, 0.2) is 11.0 Å². The van der Waals surface area contributed by atoms with Crippen LogP contribution < -0.4 is 5.32 Å². The average Bonchev–Trinajstić information content (AvgIpc) is 3.04. The number of rotatable bonds is 6. The van der Waals surface area contributed by atoms with Gasteiger partial charge in [0.25, 0.3) is 0 Å². The molecule has 5 nitrogen and oxygen atoms in total. The van der Waals surface area contributed by atoms with E-state index in [2.05, 4.69) is 15.5 Å².